The van der Waals surface area contributed by atoms with Gasteiger partial charge in [0.2, 0.25) is 0 Å². The molecule has 1 amide bonds. The molecule has 1 aromatic heterocycles. The van der Waals surface area contributed by atoms with Gasteiger partial charge in [0.15, 0.2) is 5.13 Å². The zero-order valence-electron chi connectivity index (χ0n) is 12.5. The summed E-state index contributed by atoms with van der Waals surface area (Å²) in [5.41, 5.74) is 1.09. The van der Waals surface area contributed by atoms with E-state index < -0.39 is 12.5 Å². The van der Waals surface area contributed by atoms with Gasteiger partial charge in [0.1, 0.15) is 5.75 Å². The smallest absolute Gasteiger partial charge is 0.387 e. The van der Waals surface area contributed by atoms with Crippen LogP contribution in [0.4, 0.5) is 13.9 Å². The maximum atomic E-state index is 12.4. The second-order valence-electron chi connectivity index (χ2n) is 5.57. The highest BCUT2D eigenvalue weighted by Crippen LogP contribution is 2.32. The maximum Gasteiger partial charge on any atom is 0.387 e. The summed E-state index contributed by atoms with van der Waals surface area (Å²) in [7, 11) is 0. The molecule has 1 atom stereocenters. The third-order valence-electron chi connectivity index (χ3n) is 3.75. The minimum absolute atomic E-state index is 0.0642. The van der Waals surface area contributed by atoms with E-state index in [9.17, 15) is 13.6 Å². The van der Waals surface area contributed by atoms with Gasteiger partial charge in [0.05, 0.1) is 11.3 Å². The number of rotatable bonds is 4. The van der Waals surface area contributed by atoms with Gasteiger partial charge < -0.3 is 4.74 Å². The number of anilines is 1. The lowest BCUT2D eigenvalue weighted by molar-refractivity contribution is -0.0501. The molecular formula is C16H16F2N2O2S. The molecule has 2 aromatic rings. The summed E-state index contributed by atoms with van der Waals surface area (Å²) in [5, 5.41) is 3.19. The number of aryl methyl sites for hydroxylation is 1. The highest BCUT2D eigenvalue weighted by atomic mass is 32.1. The number of thiazole rings is 1. The summed E-state index contributed by atoms with van der Waals surface area (Å²) < 4.78 is 29.2. The molecule has 0 unspecified atom stereocenters. The molecule has 1 N–H and O–H groups in total. The van der Waals surface area contributed by atoms with Crippen LogP contribution in [0.2, 0.25) is 0 Å². The fourth-order valence-corrected chi connectivity index (χ4v) is 3.78. The summed E-state index contributed by atoms with van der Waals surface area (Å²) in [5.74, 6) is -0.0259. The molecule has 0 radical (unpaired) electrons. The normalized spacial score (nSPS) is 17.0. The summed E-state index contributed by atoms with van der Waals surface area (Å²) in [4.78, 5) is 18.0. The monoisotopic (exact) mass is 338 g/mol. The third kappa shape index (κ3) is 3.67. The predicted molar refractivity (Wildman–Crippen MR) is 84.3 cm³/mol. The Morgan fingerprint density at radius 1 is 1.43 bits per heavy atom. The number of amides is 1. The zero-order valence-corrected chi connectivity index (χ0v) is 13.3. The first-order chi connectivity index (χ1) is 11.0. The van der Waals surface area contributed by atoms with E-state index in [2.05, 4.69) is 22.0 Å². The molecule has 3 rings (SSSR count). The molecule has 0 saturated carbocycles. The van der Waals surface area contributed by atoms with Crippen molar-refractivity contribution in [2.75, 3.05) is 5.32 Å². The van der Waals surface area contributed by atoms with Crippen molar-refractivity contribution < 1.29 is 18.3 Å². The Kier molecular flexibility index (Phi) is 4.56. The van der Waals surface area contributed by atoms with Crippen LogP contribution < -0.4 is 10.1 Å². The molecule has 1 heterocycles. The van der Waals surface area contributed by atoms with Crippen molar-refractivity contribution in [2.24, 2.45) is 5.92 Å². The van der Waals surface area contributed by atoms with Gasteiger partial charge in [-0.05, 0) is 37.3 Å². The molecule has 4 nitrogen and oxygen atoms in total. The van der Waals surface area contributed by atoms with Gasteiger partial charge in [-0.2, -0.15) is 8.78 Å². The summed E-state index contributed by atoms with van der Waals surface area (Å²) in [6.07, 6.45) is 2.97. The Morgan fingerprint density at radius 3 is 3.00 bits per heavy atom. The average molecular weight is 338 g/mol. The number of hydrogen-bond donors (Lipinski definition) is 1. The Morgan fingerprint density at radius 2 is 2.22 bits per heavy atom. The van der Waals surface area contributed by atoms with Crippen LogP contribution in [0.5, 0.6) is 5.75 Å². The molecule has 1 aromatic carbocycles. The van der Waals surface area contributed by atoms with Crippen molar-refractivity contribution in [3.05, 3.63) is 40.4 Å². The number of carbonyl (C=O) groups excluding carboxylic acids is 1. The van der Waals surface area contributed by atoms with Crippen molar-refractivity contribution in [1.82, 2.24) is 4.98 Å². The van der Waals surface area contributed by atoms with E-state index in [-0.39, 0.29) is 11.3 Å². The summed E-state index contributed by atoms with van der Waals surface area (Å²) in [6, 6.07) is 5.93. The van der Waals surface area contributed by atoms with Crippen LogP contribution in [0.3, 0.4) is 0 Å². The van der Waals surface area contributed by atoms with Crippen LogP contribution in [0.25, 0.3) is 0 Å². The number of carbonyl (C=O) groups is 1. The summed E-state index contributed by atoms with van der Waals surface area (Å²) >= 11 is 1.45. The fraction of sp³-hybridized carbons (Fsp3) is 0.375. The van der Waals surface area contributed by atoms with Crippen molar-refractivity contribution in [1.29, 1.82) is 0 Å². The van der Waals surface area contributed by atoms with Crippen molar-refractivity contribution in [3.63, 3.8) is 0 Å². The Balaban J connectivity index is 1.77. The summed E-state index contributed by atoms with van der Waals surface area (Å²) in [6.45, 7) is -0.781. The molecular weight excluding hydrogens is 322 g/mol. The molecule has 0 bridgehead atoms. The van der Waals surface area contributed by atoms with E-state index >= 15 is 0 Å². The molecule has 0 saturated heterocycles. The van der Waals surface area contributed by atoms with Crippen molar-refractivity contribution in [3.8, 4) is 5.75 Å². The fourth-order valence-electron chi connectivity index (χ4n) is 2.61. The molecule has 0 spiro atoms. The SMILES string of the molecule is C[C@H]1CCc2nc(NC(=O)c3ccccc3OC(F)F)sc2C1. The Bertz CT molecular complexity index is 718. The number of aromatic nitrogens is 1. The van der Waals surface area contributed by atoms with E-state index in [0.717, 1.165) is 25.0 Å². The van der Waals surface area contributed by atoms with E-state index in [1.54, 1.807) is 6.07 Å². The van der Waals surface area contributed by atoms with Gasteiger partial charge in [0, 0.05) is 4.88 Å². The van der Waals surface area contributed by atoms with Crippen LogP contribution >= 0.6 is 11.3 Å². The Labute approximate surface area is 136 Å². The number of ether oxygens (including phenoxy) is 1. The van der Waals surface area contributed by atoms with Crippen LogP contribution in [0.1, 0.15) is 34.3 Å². The molecule has 0 fully saturated rings. The zero-order chi connectivity index (χ0) is 16.4. The first-order valence-electron chi connectivity index (χ1n) is 7.36. The largest absolute Gasteiger partial charge is 0.434 e. The average Bonchev–Trinajstić information content (AvgIpc) is 2.88. The van der Waals surface area contributed by atoms with E-state index in [0.29, 0.717) is 11.0 Å². The van der Waals surface area contributed by atoms with E-state index in [1.165, 1.54) is 34.4 Å². The van der Waals surface area contributed by atoms with Gasteiger partial charge in [-0.15, -0.1) is 11.3 Å². The molecule has 7 heteroatoms. The highest BCUT2D eigenvalue weighted by molar-refractivity contribution is 7.15. The standard InChI is InChI=1S/C16H16F2N2O2S/c1-9-6-7-11-13(8-9)23-16(19-11)20-14(21)10-4-2-3-5-12(10)22-15(17)18/h2-5,9,15H,6-8H2,1H3,(H,19,20,21)/t9-/m0/s1. The van der Waals surface area contributed by atoms with Gasteiger partial charge in [0.25, 0.3) is 5.91 Å². The third-order valence-corrected chi connectivity index (χ3v) is 4.79. The maximum absolute atomic E-state index is 12.4. The number of benzene rings is 1. The minimum atomic E-state index is -2.97. The topological polar surface area (TPSA) is 51.2 Å². The van der Waals surface area contributed by atoms with Gasteiger partial charge in [-0.3, -0.25) is 10.1 Å². The van der Waals surface area contributed by atoms with Crippen LogP contribution in [0.15, 0.2) is 24.3 Å². The van der Waals surface area contributed by atoms with Crippen molar-refractivity contribution >= 4 is 22.4 Å². The number of para-hydroxylation sites is 1. The lowest BCUT2D eigenvalue weighted by atomic mass is 9.93. The number of alkyl halides is 2. The Hall–Kier alpha value is -2.02. The lowest BCUT2D eigenvalue weighted by Gasteiger charge is -2.15. The van der Waals surface area contributed by atoms with Crippen molar-refractivity contribution in [2.45, 2.75) is 32.8 Å². The minimum Gasteiger partial charge on any atom is -0.434 e. The second-order valence-corrected chi connectivity index (χ2v) is 6.65. The second kappa shape index (κ2) is 6.62. The number of fused-ring (bicyclic) bond motifs is 1. The predicted octanol–water partition coefficient (Wildman–Crippen LogP) is 4.12. The van der Waals surface area contributed by atoms with Crippen LogP contribution in [-0.4, -0.2) is 17.5 Å². The number of hydrogen-bond acceptors (Lipinski definition) is 4. The molecule has 23 heavy (non-hydrogen) atoms. The van der Waals surface area contributed by atoms with Gasteiger partial charge in [-0.1, -0.05) is 19.1 Å². The molecule has 1 aliphatic carbocycles. The number of nitrogens with zero attached hydrogens (tertiary/aromatic N) is 1. The van der Waals surface area contributed by atoms with Crippen LogP contribution in [-0.2, 0) is 12.8 Å². The lowest BCUT2D eigenvalue weighted by Crippen LogP contribution is -2.15. The number of halogens is 2. The van der Waals surface area contributed by atoms with E-state index in [4.69, 9.17) is 0 Å². The molecule has 1 aliphatic rings. The van der Waals surface area contributed by atoms with Gasteiger partial charge >= 0.3 is 6.61 Å². The highest BCUT2D eigenvalue weighted by Gasteiger charge is 2.22. The van der Waals surface area contributed by atoms with Crippen LogP contribution in [0, 0.1) is 5.92 Å². The molecule has 122 valence electrons. The first kappa shape index (κ1) is 15.9. The number of nitrogens with one attached hydrogen (secondary N) is 1. The van der Waals surface area contributed by atoms with Gasteiger partial charge in [-0.25, -0.2) is 4.98 Å². The molecule has 0 aliphatic heterocycles. The quantitative estimate of drug-likeness (QED) is 0.912. The van der Waals surface area contributed by atoms with E-state index in [1.807, 2.05) is 0 Å². The first-order valence-corrected chi connectivity index (χ1v) is 8.18.